The van der Waals surface area contributed by atoms with Crippen LogP contribution in [0.15, 0.2) is 46.3 Å². The third-order valence-electron chi connectivity index (χ3n) is 2.95. The van der Waals surface area contributed by atoms with Gasteiger partial charge < -0.3 is 5.32 Å². The first-order valence-corrected chi connectivity index (χ1v) is 7.98. The van der Waals surface area contributed by atoms with Crippen LogP contribution in [0, 0.1) is 0 Å². The van der Waals surface area contributed by atoms with Crippen LogP contribution in [0.1, 0.15) is 29.8 Å². The van der Waals surface area contributed by atoms with Crippen LogP contribution in [0.4, 0.5) is 0 Å². The number of hydrogen-bond donors (Lipinski definition) is 1. The summed E-state index contributed by atoms with van der Waals surface area (Å²) >= 11 is 5.34. The summed E-state index contributed by atoms with van der Waals surface area (Å²) in [5.41, 5.74) is 1.38. The minimum Gasteiger partial charge on any atom is -0.310 e. The summed E-state index contributed by atoms with van der Waals surface area (Å²) in [6.07, 6.45) is 2.27. The number of halogens is 1. The third-order valence-corrected chi connectivity index (χ3v) is 4.71. The minimum atomic E-state index is 0.456. The molecule has 0 amide bonds. The zero-order valence-electron chi connectivity index (χ0n) is 10.5. The van der Waals surface area contributed by atoms with E-state index in [-0.39, 0.29) is 0 Å². The van der Waals surface area contributed by atoms with Crippen molar-refractivity contribution in [1.82, 2.24) is 5.32 Å². The van der Waals surface area contributed by atoms with Gasteiger partial charge in [0.1, 0.15) is 0 Å². The Kier molecular flexibility index (Phi) is 5.42. The zero-order chi connectivity index (χ0) is 12.8. The highest BCUT2D eigenvalue weighted by Crippen LogP contribution is 2.24. The Hall–Kier alpha value is -0.640. The van der Waals surface area contributed by atoms with E-state index in [9.17, 15) is 0 Å². The summed E-state index contributed by atoms with van der Waals surface area (Å²) in [7, 11) is 0. The molecule has 1 unspecified atom stereocenters. The molecule has 1 heterocycles. The SMILES string of the molecule is CCNC(CCc1cc(Br)cs1)c1ccccc1. The molecular formula is C15H18BrNS. The average Bonchev–Trinajstić information content (AvgIpc) is 2.81. The number of benzene rings is 1. The maximum Gasteiger partial charge on any atom is 0.0323 e. The van der Waals surface area contributed by atoms with Crippen LogP contribution < -0.4 is 5.32 Å². The summed E-state index contributed by atoms with van der Waals surface area (Å²) in [5, 5.41) is 5.72. The maximum absolute atomic E-state index is 3.57. The highest BCUT2D eigenvalue weighted by molar-refractivity contribution is 9.10. The van der Waals surface area contributed by atoms with Crippen molar-refractivity contribution in [2.45, 2.75) is 25.8 Å². The summed E-state index contributed by atoms with van der Waals surface area (Å²) in [6, 6.07) is 13.4. The van der Waals surface area contributed by atoms with Crippen LogP contribution in [-0.2, 0) is 6.42 Å². The summed E-state index contributed by atoms with van der Waals surface area (Å²) in [4.78, 5) is 1.45. The minimum absolute atomic E-state index is 0.456. The molecule has 0 aliphatic rings. The van der Waals surface area contributed by atoms with E-state index >= 15 is 0 Å². The molecular weight excluding hydrogens is 306 g/mol. The Labute approximate surface area is 121 Å². The molecule has 0 radical (unpaired) electrons. The quantitative estimate of drug-likeness (QED) is 0.805. The molecule has 0 aliphatic carbocycles. The molecule has 0 fully saturated rings. The number of hydrogen-bond acceptors (Lipinski definition) is 2. The molecule has 3 heteroatoms. The maximum atomic E-state index is 3.57. The topological polar surface area (TPSA) is 12.0 Å². The van der Waals surface area contributed by atoms with E-state index in [1.54, 1.807) is 0 Å². The second kappa shape index (κ2) is 7.07. The second-order valence-electron chi connectivity index (χ2n) is 4.29. The van der Waals surface area contributed by atoms with Crippen LogP contribution in [0.25, 0.3) is 0 Å². The summed E-state index contributed by atoms with van der Waals surface area (Å²) in [6.45, 7) is 3.17. The molecule has 2 aromatic rings. The van der Waals surface area contributed by atoms with E-state index in [0.29, 0.717) is 6.04 Å². The van der Waals surface area contributed by atoms with Gasteiger partial charge in [0, 0.05) is 20.8 Å². The molecule has 1 aromatic carbocycles. The molecule has 1 atom stereocenters. The summed E-state index contributed by atoms with van der Waals surface area (Å²) in [5.74, 6) is 0. The Bertz CT molecular complexity index is 466. The van der Waals surface area contributed by atoms with Gasteiger partial charge in [0.25, 0.3) is 0 Å². The monoisotopic (exact) mass is 323 g/mol. The lowest BCUT2D eigenvalue weighted by Gasteiger charge is -2.17. The number of thiophene rings is 1. The van der Waals surface area contributed by atoms with E-state index in [1.807, 2.05) is 11.3 Å². The van der Waals surface area contributed by atoms with Crippen LogP contribution in [0.5, 0.6) is 0 Å². The van der Waals surface area contributed by atoms with Gasteiger partial charge in [-0.25, -0.2) is 0 Å². The fraction of sp³-hybridized carbons (Fsp3) is 0.333. The second-order valence-corrected chi connectivity index (χ2v) is 6.20. The van der Waals surface area contributed by atoms with Crippen molar-refractivity contribution in [3.63, 3.8) is 0 Å². The molecule has 18 heavy (non-hydrogen) atoms. The van der Waals surface area contributed by atoms with Crippen LogP contribution in [0.2, 0.25) is 0 Å². The lowest BCUT2D eigenvalue weighted by atomic mass is 10.0. The lowest BCUT2D eigenvalue weighted by Crippen LogP contribution is -2.21. The highest BCUT2D eigenvalue weighted by atomic mass is 79.9. The van der Waals surface area contributed by atoms with Gasteiger partial charge >= 0.3 is 0 Å². The molecule has 0 spiro atoms. The molecule has 0 saturated heterocycles. The van der Waals surface area contributed by atoms with Crippen molar-refractivity contribution in [2.24, 2.45) is 0 Å². The van der Waals surface area contributed by atoms with E-state index in [2.05, 4.69) is 69.9 Å². The van der Waals surface area contributed by atoms with Crippen molar-refractivity contribution < 1.29 is 0 Å². The van der Waals surface area contributed by atoms with Crippen molar-refractivity contribution in [3.8, 4) is 0 Å². The van der Waals surface area contributed by atoms with Crippen molar-refractivity contribution >= 4 is 27.3 Å². The van der Waals surface area contributed by atoms with Crippen molar-refractivity contribution in [2.75, 3.05) is 6.54 Å². The molecule has 0 aliphatic heterocycles. The van der Waals surface area contributed by atoms with Crippen molar-refractivity contribution in [3.05, 3.63) is 56.7 Å². The Morgan fingerprint density at radius 3 is 2.67 bits per heavy atom. The van der Waals surface area contributed by atoms with Gasteiger partial charge in [-0.3, -0.25) is 0 Å². The van der Waals surface area contributed by atoms with E-state index < -0.39 is 0 Å². The van der Waals surface area contributed by atoms with Gasteiger partial charge in [-0.2, -0.15) is 0 Å². The normalized spacial score (nSPS) is 12.6. The van der Waals surface area contributed by atoms with Gasteiger partial charge in [-0.05, 0) is 46.9 Å². The molecule has 1 aromatic heterocycles. The van der Waals surface area contributed by atoms with Crippen LogP contribution in [-0.4, -0.2) is 6.54 Å². The fourth-order valence-electron chi connectivity index (χ4n) is 2.09. The van der Waals surface area contributed by atoms with E-state index in [4.69, 9.17) is 0 Å². The fourth-order valence-corrected chi connectivity index (χ4v) is 3.56. The van der Waals surface area contributed by atoms with Gasteiger partial charge in [0.2, 0.25) is 0 Å². The molecule has 1 nitrogen and oxygen atoms in total. The van der Waals surface area contributed by atoms with Crippen LogP contribution >= 0.6 is 27.3 Å². The van der Waals surface area contributed by atoms with Crippen LogP contribution in [0.3, 0.4) is 0 Å². The predicted molar refractivity (Wildman–Crippen MR) is 83.2 cm³/mol. The average molecular weight is 324 g/mol. The number of rotatable bonds is 6. The first-order valence-electron chi connectivity index (χ1n) is 6.31. The highest BCUT2D eigenvalue weighted by Gasteiger charge is 2.10. The lowest BCUT2D eigenvalue weighted by molar-refractivity contribution is 0.517. The Balaban J connectivity index is 1.98. The largest absolute Gasteiger partial charge is 0.310 e. The standard InChI is InChI=1S/C15H18BrNS/c1-2-17-15(12-6-4-3-5-7-12)9-8-14-10-13(16)11-18-14/h3-7,10-11,15,17H,2,8-9H2,1H3. The Morgan fingerprint density at radius 1 is 1.28 bits per heavy atom. The molecule has 0 bridgehead atoms. The van der Waals surface area contributed by atoms with Crippen molar-refractivity contribution in [1.29, 1.82) is 0 Å². The van der Waals surface area contributed by atoms with Gasteiger partial charge in [0.15, 0.2) is 0 Å². The number of aryl methyl sites for hydroxylation is 1. The Morgan fingerprint density at radius 2 is 2.06 bits per heavy atom. The first kappa shape index (κ1) is 13.8. The van der Waals surface area contributed by atoms with Gasteiger partial charge in [-0.1, -0.05) is 37.3 Å². The van der Waals surface area contributed by atoms with E-state index in [0.717, 1.165) is 19.4 Å². The smallest absolute Gasteiger partial charge is 0.0323 e. The predicted octanol–water partition coefficient (Wildman–Crippen LogP) is 4.79. The molecule has 2 rings (SSSR count). The zero-order valence-corrected chi connectivity index (χ0v) is 12.9. The molecule has 96 valence electrons. The van der Waals surface area contributed by atoms with Gasteiger partial charge in [-0.15, -0.1) is 11.3 Å². The molecule has 0 saturated carbocycles. The number of nitrogens with one attached hydrogen (secondary N) is 1. The molecule has 1 N–H and O–H groups in total. The first-order chi connectivity index (χ1) is 8.79. The summed E-state index contributed by atoms with van der Waals surface area (Å²) < 4.78 is 1.20. The van der Waals surface area contributed by atoms with Gasteiger partial charge in [0.05, 0.1) is 0 Å². The third kappa shape index (κ3) is 3.94. The van der Waals surface area contributed by atoms with E-state index in [1.165, 1.54) is 14.9 Å².